The zero-order valence-corrected chi connectivity index (χ0v) is 12.8. The van der Waals surface area contributed by atoms with Gasteiger partial charge in [-0.25, -0.2) is 0 Å². The van der Waals surface area contributed by atoms with E-state index in [-0.39, 0.29) is 5.91 Å². The molecule has 2 aromatic rings. The topological polar surface area (TPSA) is 46.1 Å². The van der Waals surface area contributed by atoms with Crippen molar-refractivity contribution < 1.29 is 18.0 Å². The molecular weight excluding hydrogens is 315 g/mol. The van der Waals surface area contributed by atoms with Gasteiger partial charge in [-0.1, -0.05) is 16.6 Å². The average molecular weight is 329 g/mol. The van der Waals surface area contributed by atoms with Crippen LogP contribution in [-0.2, 0) is 6.18 Å². The molecule has 0 fully saturated rings. The van der Waals surface area contributed by atoms with E-state index in [2.05, 4.69) is 9.59 Å². The maximum absolute atomic E-state index is 12.8. The van der Waals surface area contributed by atoms with Crippen molar-refractivity contribution in [3.63, 3.8) is 0 Å². The lowest BCUT2D eigenvalue weighted by molar-refractivity contribution is -0.137. The van der Waals surface area contributed by atoms with Crippen molar-refractivity contribution >= 4 is 17.4 Å². The molecule has 0 N–H and O–H groups in total. The van der Waals surface area contributed by atoms with Gasteiger partial charge in [-0.2, -0.15) is 13.2 Å². The van der Waals surface area contributed by atoms with E-state index < -0.39 is 17.8 Å². The molecule has 0 radical (unpaired) electrons. The number of halogens is 3. The maximum atomic E-state index is 12.8. The third kappa shape index (κ3) is 3.44. The Kier molecular flexibility index (Phi) is 4.80. The Morgan fingerprint density at radius 1 is 1.41 bits per heavy atom. The van der Waals surface area contributed by atoms with E-state index in [0.29, 0.717) is 17.0 Å². The molecule has 118 valence electrons. The Morgan fingerprint density at radius 2 is 2.14 bits per heavy atom. The molecule has 22 heavy (non-hydrogen) atoms. The first-order chi connectivity index (χ1) is 10.3. The lowest BCUT2D eigenvalue weighted by atomic mass is 10.0. The lowest BCUT2D eigenvalue weighted by Gasteiger charge is -2.28. The van der Waals surface area contributed by atoms with Gasteiger partial charge in [-0.05, 0) is 43.1 Å². The number of rotatable bonds is 4. The Labute approximate surface area is 129 Å². The molecule has 1 aromatic heterocycles. The van der Waals surface area contributed by atoms with Crippen LogP contribution in [0.1, 0.15) is 40.7 Å². The summed E-state index contributed by atoms with van der Waals surface area (Å²) in [6.45, 7) is 3.84. The monoisotopic (exact) mass is 329 g/mol. The van der Waals surface area contributed by atoms with Gasteiger partial charge < -0.3 is 4.90 Å². The van der Waals surface area contributed by atoms with Gasteiger partial charge in [0.05, 0.1) is 17.8 Å². The van der Waals surface area contributed by atoms with Crippen molar-refractivity contribution in [3.05, 3.63) is 46.5 Å². The fourth-order valence-electron chi connectivity index (χ4n) is 2.15. The SMILES string of the molecule is CCN(C(=O)c1cnns1)[C@@H](C)c1cccc(C(F)(F)F)c1. The second-order valence-corrected chi connectivity index (χ2v) is 5.46. The van der Waals surface area contributed by atoms with Crippen LogP contribution in [0.15, 0.2) is 30.5 Å². The van der Waals surface area contributed by atoms with Crippen LogP contribution in [0.3, 0.4) is 0 Å². The number of benzene rings is 1. The first kappa shape index (κ1) is 16.4. The standard InChI is InChI=1S/C14H14F3N3OS/c1-3-20(13(21)12-8-18-19-22-12)9(2)10-5-4-6-11(7-10)14(15,16)17/h4-9H,3H2,1-2H3/t9-/m0/s1. The van der Waals surface area contributed by atoms with Gasteiger partial charge in [-0.3, -0.25) is 4.79 Å². The molecule has 8 heteroatoms. The van der Waals surface area contributed by atoms with Crippen LogP contribution >= 0.6 is 11.5 Å². The summed E-state index contributed by atoms with van der Waals surface area (Å²) in [7, 11) is 0. The van der Waals surface area contributed by atoms with Crippen LogP contribution < -0.4 is 0 Å². The van der Waals surface area contributed by atoms with Crippen molar-refractivity contribution in [1.29, 1.82) is 0 Å². The number of carbonyl (C=O) groups excluding carboxylic acids is 1. The molecule has 0 aliphatic heterocycles. The van der Waals surface area contributed by atoms with Crippen LogP contribution in [0.4, 0.5) is 13.2 Å². The van der Waals surface area contributed by atoms with Crippen LogP contribution in [0.25, 0.3) is 0 Å². The van der Waals surface area contributed by atoms with Crippen molar-refractivity contribution in [2.24, 2.45) is 0 Å². The fraction of sp³-hybridized carbons (Fsp3) is 0.357. The van der Waals surface area contributed by atoms with Crippen molar-refractivity contribution in [1.82, 2.24) is 14.5 Å². The van der Waals surface area contributed by atoms with Gasteiger partial charge in [-0.15, -0.1) is 5.10 Å². The molecule has 0 spiro atoms. The quantitative estimate of drug-likeness (QED) is 0.857. The zero-order chi connectivity index (χ0) is 16.3. The van der Waals surface area contributed by atoms with Crippen molar-refractivity contribution in [2.75, 3.05) is 6.54 Å². The van der Waals surface area contributed by atoms with Crippen LogP contribution in [0.5, 0.6) is 0 Å². The number of amides is 1. The highest BCUT2D eigenvalue weighted by molar-refractivity contribution is 7.07. The van der Waals surface area contributed by atoms with E-state index in [0.717, 1.165) is 23.7 Å². The predicted molar refractivity (Wildman–Crippen MR) is 76.5 cm³/mol. The minimum atomic E-state index is -4.40. The predicted octanol–water partition coefficient (Wildman–Crippen LogP) is 3.78. The summed E-state index contributed by atoms with van der Waals surface area (Å²) in [4.78, 5) is 14.2. The van der Waals surface area contributed by atoms with Gasteiger partial charge in [0.2, 0.25) is 0 Å². The summed E-state index contributed by atoms with van der Waals surface area (Å²) in [6, 6.07) is 4.54. The highest BCUT2D eigenvalue weighted by Crippen LogP contribution is 2.32. The minimum absolute atomic E-state index is 0.289. The van der Waals surface area contributed by atoms with Gasteiger partial charge >= 0.3 is 6.18 Å². The summed E-state index contributed by atoms with van der Waals surface area (Å²) in [5, 5.41) is 3.61. The largest absolute Gasteiger partial charge is 0.416 e. The summed E-state index contributed by atoms with van der Waals surface area (Å²) in [5.74, 6) is -0.289. The normalized spacial score (nSPS) is 13.0. The van der Waals surface area contributed by atoms with E-state index in [9.17, 15) is 18.0 Å². The molecule has 0 bridgehead atoms. The minimum Gasteiger partial charge on any atom is -0.331 e. The second-order valence-electron chi connectivity index (χ2n) is 4.67. The number of alkyl halides is 3. The summed E-state index contributed by atoms with van der Waals surface area (Å²) < 4.78 is 42.0. The Bertz CT molecular complexity index is 643. The van der Waals surface area contributed by atoms with E-state index in [1.54, 1.807) is 19.9 Å². The van der Waals surface area contributed by atoms with E-state index in [1.165, 1.54) is 17.2 Å². The molecule has 0 saturated heterocycles. The highest BCUT2D eigenvalue weighted by Gasteiger charge is 2.31. The molecule has 1 amide bonds. The van der Waals surface area contributed by atoms with Gasteiger partial charge in [0.25, 0.3) is 5.91 Å². The number of aromatic nitrogens is 2. The zero-order valence-electron chi connectivity index (χ0n) is 12.0. The summed E-state index contributed by atoms with van der Waals surface area (Å²) in [6.07, 6.45) is -3.05. The average Bonchev–Trinajstić information content (AvgIpc) is 3.01. The van der Waals surface area contributed by atoms with Crippen LogP contribution in [-0.4, -0.2) is 26.9 Å². The number of nitrogens with zero attached hydrogens (tertiary/aromatic N) is 3. The molecule has 0 aliphatic carbocycles. The number of hydrogen-bond acceptors (Lipinski definition) is 4. The summed E-state index contributed by atoms with van der Waals surface area (Å²) in [5.41, 5.74) is -0.290. The molecule has 0 unspecified atom stereocenters. The highest BCUT2D eigenvalue weighted by atomic mass is 32.1. The third-order valence-corrected chi connectivity index (χ3v) is 3.99. The molecule has 4 nitrogen and oxygen atoms in total. The lowest BCUT2D eigenvalue weighted by Crippen LogP contribution is -2.33. The Balaban J connectivity index is 2.29. The van der Waals surface area contributed by atoms with E-state index in [1.807, 2.05) is 0 Å². The van der Waals surface area contributed by atoms with Crippen molar-refractivity contribution in [2.45, 2.75) is 26.1 Å². The fourth-order valence-corrected chi connectivity index (χ4v) is 2.62. The van der Waals surface area contributed by atoms with Gasteiger partial charge in [0.1, 0.15) is 4.88 Å². The molecule has 0 aliphatic rings. The Hall–Kier alpha value is -1.96. The molecule has 1 aromatic carbocycles. The Morgan fingerprint density at radius 3 is 2.68 bits per heavy atom. The van der Waals surface area contributed by atoms with Crippen LogP contribution in [0.2, 0.25) is 0 Å². The van der Waals surface area contributed by atoms with E-state index in [4.69, 9.17) is 0 Å². The molecule has 0 saturated carbocycles. The maximum Gasteiger partial charge on any atom is 0.416 e. The smallest absolute Gasteiger partial charge is 0.331 e. The number of carbonyl (C=O) groups is 1. The summed E-state index contributed by atoms with van der Waals surface area (Å²) >= 11 is 0.962. The molecule has 1 atom stereocenters. The third-order valence-electron chi connectivity index (χ3n) is 3.34. The van der Waals surface area contributed by atoms with Gasteiger partial charge in [0, 0.05) is 6.54 Å². The first-order valence-corrected chi connectivity index (χ1v) is 7.37. The van der Waals surface area contributed by atoms with E-state index >= 15 is 0 Å². The second kappa shape index (κ2) is 6.43. The van der Waals surface area contributed by atoms with Crippen molar-refractivity contribution in [3.8, 4) is 0 Å². The number of hydrogen-bond donors (Lipinski definition) is 0. The molecule has 2 rings (SSSR count). The van der Waals surface area contributed by atoms with Crippen LogP contribution in [0, 0.1) is 0 Å². The molecular formula is C14H14F3N3OS. The first-order valence-electron chi connectivity index (χ1n) is 6.60. The molecule has 1 heterocycles. The van der Waals surface area contributed by atoms with Gasteiger partial charge in [0.15, 0.2) is 0 Å².